The van der Waals surface area contributed by atoms with Gasteiger partial charge in [-0.25, -0.2) is 0 Å². The molecule has 0 atom stereocenters. The summed E-state index contributed by atoms with van der Waals surface area (Å²) in [5.74, 6) is 0.653. The van der Waals surface area contributed by atoms with Crippen molar-refractivity contribution in [1.29, 1.82) is 5.26 Å². The molecule has 0 aliphatic heterocycles. The van der Waals surface area contributed by atoms with Crippen LogP contribution in [0.2, 0.25) is 0 Å². The maximum atomic E-state index is 10.4. The first kappa shape index (κ1) is 14.5. The third-order valence-corrected chi connectivity index (χ3v) is 3.43. The highest BCUT2D eigenvalue weighted by Crippen LogP contribution is 2.41. The molecule has 0 spiro atoms. The number of hydrogen-bond donors (Lipinski definition) is 1. The van der Waals surface area contributed by atoms with Crippen molar-refractivity contribution >= 4 is 22.1 Å². The quantitative estimate of drug-likeness (QED) is 0.703. The summed E-state index contributed by atoms with van der Waals surface area (Å²) in [6.45, 7) is 0. The summed E-state index contributed by atoms with van der Waals surface area (Å²) >= 11 is 0. The Balaban J connectivity index is 2.08. The molecule has 3 aromatic rings. The Bertz CT molecular complexity index is 943. The molecule has 0 heterocycles. The number of hydrogen-bond acceptors (Lipinski definition) is 5. The van der Waals surface area contributed by atoms with Gasteiger partial charge in [0.05, 0.1) is 24.4 Å². The molecular formula is C18H13N3O2. The first-order valence-electron chi connectivity index (χ1n) is 6.93. The normalized spacial score (nSPS) is 10.8. The minimum absolute atomic E-state index is 0.0431. The van der Waals surface area contributed by atoms with Crippen LogP contribution in [0.15, 0.2) is 64.8 Å². The molecule has 0 radical (unpaired) electrons. The lowest BCUT2D eigenvalue weighted by Crippen LogP contribution is -1.85. The topological polar surface area (TPSA) is 78.0 Å². The van der Waals surface area contributed by atoms with Gasteiger partial charge in [0.1, 0.15) is 11.4 Å². The minimum atomic E-state index is 0.0431. The van der Waals surface area contributed by atoms with Gasteiger partial charge in [0.2, 0.25) is 0 Å². The van der Waals surface area contributed by atoms with Gasteiger partial charge >= 0.3 is 0 Å². The number of phenolic OH excluding ortho intramolecular Hbond substituents is 1. The van der Waals surface area contributed by atoms with Gasteiger partial charge in [0.15, 0.2) is 5.75 Å². The number of aromatic hydroxyl groups is 1. The summed E-state index contributed by atoms with van der Waals surface area (Å²) in [6.07, 6.45) is 0. The first-order chi connectivity index (χ1) is 11.2. The molecule has 3 aromatic carbocycles. The van der Waals surface area contributed by atoms with Crippen molar-refractivity contribution < 1.29 is 9.84 Å². The van der Waals surface area contributed by atoms with Crippen LogP contribution in [-0.4, -0.2) is 12.2 Å². The van der Waals surface area contributed by atoms with Crippen LogP contribution in [0.4, 0.5) is 11.4 Å². The van der Waals surface area contributed by atoms with Crippen LogP contribution in [0.3, 0.4) is 0 Å². The fraction of sp³-hybridized carbons (Fsp3) is 0.0556. The molecule has 0 aromatic heterocycles. The number of nitrogens with zero attached hydrogens (tertiary/aromatic N) is 3. The van der Waals surface area contributed by atoms with Crippen LogP contribution in [0.1, 0.15) is 5.56 Å². The summed E-state index contributed by atoms with van der Waals surface area (Å²) in [5.41, 5.74) is 1.35. The van der Waals surface area contributed by atoms with Crippen LogP contribution in [-0.2, 0) is 0 Å². The molecule has 5 heteroatoms. The maximum Gasteiger partial charge on any atom is 0.151 e. The Morgan fingerprint density at radius 2 is 1.78 bits per heavy atom. The highest BCUT2D eigenvalue weighted by Gasteiger charge is 2.11. The van der Waals surface area contributed by atoms with E-state index >= 15 is 0 Å². The van der Waals surface area contributed by atoms with Gasteiger partial charge in [-0.2, -0.15) is 10.4 Å². The molecule has 0 unspecified atom stereocenters. The zero-order valence-corrected chi connectivity index (χ0v) is 12.4. The zero-order valence-electron chi connectivity index (χ0n) is 12.4. The van der Waals surface area contributed by atoms with Crippen LogP contribution >= 0.6 is 0 Å². The summed E-state index contributed by atoms with van der Waals surface area (Å²) in [6, 6.07) is 17.8. The Kier molecular flexibility index (Phi) is 3.89. The number of fused-ring (bicyclic) bond motifs is 1. The predicted octanol–water partition coefficient (Wildman–Crippen LogP) is 4.84. The minimum Gasteiger partial charge on any atom is -0.505 e. The molecule has 0 aliphatic rings. The molecule has 0 aliphatic carbocycles. The largest absolute Gasteiger partial charge is 0.505 e. The zero-order chi connectivity index (χ0) is 16.2. The fourth-order valence-corrected chi connectivity index (χ4v) is 2.31. The molecule has 112 valence electrons. The van der Waals surface area contributed by atoms with E-state index in [9.17, 15) is 5.11 Å². The molecular weight excluding hydrogens is 290 g/mol. The lowest BCUT2D eigenvalue weighted by atomic mass is 10.1. The van der Waals surface area contributed by atoms with E-state index in [0.29, 0.717) is 28.1 Å². The Morgan fingerprint density at radius 3 is 2.52 bits per heavy atom. The van der Waals surface area contributed by atoms with Gasteiger partial charge in [-0.15, -0.1) is 5.11 Å². The average molecular weight is 303 g/mol. The molecule has 0 bridgehead atoms. The highest BCUT2D eigenvalue weighted by atomic mass is 16.5. The molecule has 5 nitrogen and oxygen atoms in total. The van der Waals surface area contributed by atoms with Crippen LogP contribution < -0.4 is 4.74 Å². The second-order valence-corrected chi connectivity index (χ2v) is 4.85. The lowest BCUT2D eigenvalue weighted by molar-refractivity contribution is 0.418. The number of nitriles is 1. The number of phenols is 1. The average Bonchev–Trinajstić information content (AvgIpc) is 2.61. The molecule has 0 saturated carbocycles. The Hall–Kier alpha value is -3.39. The highest BCUT2D eigenvalue weighted by molar-refractivity contribution is 5.97. The van der Waals surface area contributed by atoms with Gasteiger partial charge in [-0.05, 0) is 18.2 Å². The molecule has 1 N–H and O–H groups in total. The molecule has 0 saturated heterocycles. The third kappa shape index (κ3) is 2.83. The Labute approximate surface area is 133 Å². The van der Waals surface area contributed by atoms with Crippen molar-refractivity contribution in [3.63, 3.8) is 0 Å². The van der Waals surface area contributed by atoms with Gasteiger partial charge in [0, 0.05) is 16.8 Å². The van der Waals surface area contributed by atoms with E-state index in [1.54, 1.807) is 43.5 Å². The summed E-state index contributed by atoms with van der Waals surface area (Å²) in [5, 5.41) is 28.9. The van der Waals surface area contributed by atoms with Crippen molar-refractivity contribution in [2.24, 2.45) is 10.2 Å². The second-order valence-electron chi connectivity index (χ2n) is 4.85. The van der Waals surface area contributed by atoms with E-state index in [-0.39, 0.29) is 5.75 Å². The number of ether oxygens (including phenoxy) is 1. The van der Waals surface area contributed by atoms with Crippen molar-refractivity contribution in [3.05, 3.63) is 60.2 Å². The van der Waals surface area contributed by atoms with Crippen molar-refractivity contribution in [1.82, 2.24) is 0 Å². The standard InChI is InChI=1S/C18H13N3O2/c1-23-17-10-16(18(22)15-8-3-2-7-14(15)17)21-20-13-6-4-5-12(9-13)11-19/h2-10,22H,1H3. The van der Waals surface area contributed by atoms with Crippen LogP contribution in [0.5, 0.6) is 11.5 Å². The van der Waals surface area contributed by atoms with Crippen molar-refractivity contribution in [2.45, 2.75) is 0 Å². The van der Waals surface area contributed by atoms with Gasteiger partial charge in [-0.1, -0.05) is 30.3 Å². The van der Waals surface area contributed by atoms with E-state index in [0.717, 1.165) is 5.39 Å². The summed E-state index contributed by atoms with van der Waals surface area (Å²) in [4.78, 5) is 0. The number of azo groups is 1. The van der Waals surface area contributed by atoms with E-state index in [1.165, 1.54) is 0 Å². The van der Waals surface area contributed by atoms with E-state index < -0.39 is 0 Å². The number of rotatable bonds is 3. The van der Waals surface area contributed by atoms with Gasteiger partial charge in [0.25, 0.3) is 0 Å². The van der Waals surface area contributed by atoms with Crippen LogP contribution in [0, 0.1) is 11.3 Å². The molecule has 3 rings (SSSR count). The second kappa shape index (κ2) is 6.16. The van der Waals surface area contributed by atoms with Crippen molar-refractivity contribution in [2.75, 3.05) is 7.11 Å². The smallest absolute Gasteiger partial charge is 0.151 e. The monoisotopic (exact) mass is 303 g/mol. The predicted molar refractivity (Wildman–Crippen MR) is 87.5 cm³/mol. The van der Waals surface area contributed by atoms with E-state index in [4.69, 9.17) is 10.00 Å². The van der Waals surface area contributed by atoms with E-state index in [1.807, 2.05) is 24.3 Å². The molecule has 0 fully saturated rings. The maximum absolute atomic E-state index is 10.4. The summed E-state index contributed by atoms with van der Waals surface area (Å²) < 4.78 is 5.36. The van der Waals surface area contributed by atoms with Crippen LogP contribution in [0.25, 0.3) is 10.8 Å². The molecule has 23 heavy (non-hydrogen) atoms. The third-order valence-electron chi connectivity index (χ3n) is 3.43. The SMILES string of the molecule is COc1cc(N=Nc2cccc(C#N)c2)c(O)c2ccccc12. The summed E-state index contributed by atoms with van der Waals surface area (Å²) in [7, 11) is 1.57. The number of methoxy groups -OCH3 is 1. The van der Waals surface area contributed by atoms with Gasteiger partial charge < -0.3 is 9.84 Å². The fourth-order valence-electron chi connectivity index (χ4n) is 2.31. The van der Waals surface area contributed by atoms with Gasteiger partial charge in [-0.3, -0.25) is 0 Å². The Morgan fingerprint density at radius 1 is 1.00 bits per heavy atom. The lowest BCUT2D eigenvalue weighted by Gasteiger charge is -2.09. The first-order valence-corrected chi connectivity index (χ1v) is 6.93. The number of benzene rings is 3. The van der Waals surface area contributed by atoms with E-state index in [2.05, 4.69) is 10.2 Å². The van der Waals surface area contributed by atoms with Crippen molar-refractivity contribution in [3.8, 4) is 17.6 Å². The molecule has 0 amide bonds.